The third kappa shape index (κ3) is 4.95. The Morgan fingerprint density at radius 3 is 2.71 bits per heavy atom. The van der Waals surface area contributed by atoms with Gasteiger partial charge in [-0.05, 0) is 13.0 Å². The first-order valence-electron chi connectivity index (χ1n) is 6.06. The predicted octanol–water partition coefficient (Wildman–Crippen LogP) is 0.912. The highest BCUT2D eigenvalue weighted by Crippen LogP contribution is 2.05. The van der Waals surface area contributed by atoms with Crippen molar-refractivity contribution in [3.05, 3.63) is 47.4 Å². The van der Waals surface area contributed by atoms with Crippen molar-refractivity contribution in [3.63, 3.8) is 0 Å². The highest BCUT2D eigenvalue weighted by Gasteiger charge is 2.16. The Labute approximate surface area is 120 Å². The average molecular weight is 291 g/mol. The van der Waals surface area contributed by atoms with Crippen molar-refractivity contribution in [2.45, 2.75) is 19.5 Å². The van der Waals surface area contributed by atoms with Gasteiger partial charge in [0, 0.05) is 18.3 Å². The molecule has 0 aliphatic heterocycles. The van der Waals surface area contributed by atoms with Crippen LogP contribution in [0, 0.1) is 17.1 Å². The summed E-state index contributed by atoms with van der Waals surface area (Å²) in [4.78, 5) is 22.2. The van der Waals surface area contributed by atoms with Crippen molar-refractivity contribution < 1.29 is 19.1 Å². The van der Waals surface area contributed by atoms with Gasteiger partial charge in [-0.3, -0.25) is 9.59 Å². The summed E-state index contributed by atoms with van der Waals surface area (Å²) >= 11 is 0. The van der Waals surface area contributed by atoms with Crippen molar-refractivity contribution in [3.8, 4) is 6.07 Å². The quantitative estimate of drug-likeness (QED) is 0.534. The molecule has 110 valence electrons. The summed E-state index contributed by atoms with van der Waals surface area (Å²) in [5.74, 6) is -2.42. The fourth-order valence-electron chi connectivity index (χ4n) is 1.39. The molecule has 0 bridgehead atoms. The first-order chi connectivity index (χ1) is 9.95. The van der Waals surface area contributed by atoms with Crippen LogP contribution in [0.1, 0.15) is 12.5 Å². The van der Waals surface area contributed by atoms with Crippen LogP contribution >= 0.6 is 0 Å². The molecular weight excluding hydrogens is 277 g/mol. The van der Waals surface area contributed by atoms with Crippen LogP contribution in [0.3, 0.4) is 0 Å². The van der Waals surface area contributed by atoms with Gasteiger partial charge in [0.25, 0.3) is 5.91 Å². The van der Waals surface area contributed by atoms with Gasteiger partial charge in [0.15, 0.2) is 0 Å². The standard InChI is InChI=1S/C14H14FN3O3/c1-9(14(20)21)18-13(19)11(6-16)8-17-7-10-4-2-3-5-12(10)15/h2-5,8-9,17H,7H2,1H3,(H,18,19)(H,20,21)/b11-8-. The van der Waals surface area contributed by atoms with E-state index in [2.05, 4.69) is 10.6 Å². The molecule has 7 heteroatoms. The predicted molar refractivity (Wildman–Crippen MR) is 72.2 cm³/mol. The van der Waals surface area contributed by atoms with E-state index in [4.69, 9.17) is 10.4 Å². The Morgan fingerprint density at radius 2 is 2.14 bits per heavy atom. The van der Waals surface area contributed by atoms with E-state index in [-0.39, 0.29) is 12.1 Å². The van der Waals surface area contributed by atoms with Gasteiger partial charge in [0.2, 0.25) is 0 Å². The molecule has 1 amide bonds. The minimum absolute atomic E-state index is 0.0968. The second-order valence-electron chi connectivity index (χ2n) is 4.18. The molecule has 0 aromatic heterocycles. The Balaban J connectivity index is 2.64. The van der Waals surface area contributed by atoms with Gasteiger partial charge >= 0.3 is 5.97 Å². The van der Waals surface area contributed by atoms with Crippen molar-refractivity contribution in [1.82, 2.24) is 10.6 Å². The summed E-state index contributed by atoms with van der Waals surface area (Å²) in [6, 6.07) is 6.61. The summed E-state index contributed by atoms with van der Waals surface area (Å²) in [6.07, 6.45) is 1.12. The van der Waals surface area contributed by atoms with E-state index in [1.165, 1.54) is 13.0 Å². The van der Waals surface area contributed by atoms with Crippen LogP contribution in [0.5, 0.6) is 0 Å². The molecule has 21 heavy (non-hydrogen) atoms. The molecule has 0 heterocycles. The van der Waals surface area contributed by atoms with Crippen LogP contribution in [0.2, 0.25) is 0 Å². The summed E-state index contributed by atoms with van der Waals surface area (Å²) in [6.45, 7) is 1.38. The highest BCUT2D eigenvalue weighted by atomic mass is 19.1. The third-order valence-electron chi connectivity index (χ3n) is 2.58. The molecule has 0 aliphatic carbocycles. The monoisotopic (exact) mass is 291 g/mol. The Bertz CT molecular complexity index is 608. The lowest BCUT2D eigenvalue weighted by atomic mass is 10.2. The van der Waals surface area contributed by atoms with E-state index >= 15 is 0 Å². The van der Waals surface area contributed by atoms with Crippen LogP contribution in [-0.2, 0) is 16.1 Å². The molecule has 0 saturated carbocycles. The van der Waals surface area contributed by atoms with Gasteiger partial charge in [-0.1, -0.05) is 18.2 Å². The molecule has 0 fully saturated rings. The number of benzene rings is 1. The number of nitrogens with zero attached hydrogens (tertiary/aromatic N) is 1. The van der Waals surface area contributed by atoms with Gasteiger partial charge in [-0.25, -0.2) is 4.39 Å². The van der Waals surface area contributed by atoms with Crippen LogP contribution in [0.25, 0.3) is 0 Å². The number of hydrogen-bond donors (Lipinski definition) is 3. The molecular formula is C14H14FN3O3. The molecule has 0 aliphatic rings. The second kappa shape index (κ2) is 7.65. The van der Waals surface area contributed by atoms with Crippen molar-refractivity contribution >= 4 is 11.9 Å². The van der Waals surface area contributed by atoms with E-state index in [0.29, 0.717) is 5.56 Å². The van der Waals surface area contributed by atoms with E-state index in [0.717, 1.165) is 6.20 Å². The maximum Gasteiger partial charge on any atom is 0.325 e. The zero-order chi connectivity index (χ0) is 15.8. The van der Waals surface area contributed by atoms with Crippen LogP contribution in [-0.4, -0.2) is 23.0 Å². The Morgan fingerprint density at radius 1 is 1.48 bits per heavy atom. The maximum atomic E-state index is 13.3. The number of nitriles is 1. The van der Waals surface area contributed by atoms with Crippen LogP contribution < -0.4 is 10.6 Å². The molecule has 1 rings (SSSR count). The number of carboxylic acid groups (broad SMARTS) is 1. The smallest absolute Gasteiger partial charge is 0.325 e. The van der Waals surface area contributed by atoms with Gasteiger partial charge in [-0.15, -0.1) is 0 Å². The number of amides is 1. The minimum atomic E-state index is -1.21. The average Bonchev–Trinajstić information content (AvgIpc) is 2.45. The summed E-state index contributed by atoms with van der Waals surface area (Å²) in [5.41, 5.74) is 0.0878. The van der Waals surface area contributed by atoms with Crippen molar-refractivity contribution in [2.75, 3.05) is 0 Å². The SMILES string of the molecule is CC(NC(=O)/C(C#N)=C\NCc1ccccc1F)C(=O)O. The lowest BCUT2D eigenvalue weighted by molar-refractivity contribution is -0.140. The lowest BCUT2D eigenvalue weighted by Gasteiger charge is -2.08. The number of rotatable bonds is 6. The molecule has 1 aromatic carbocycles. The van der Waals surface area contributed by atoms with E-state index < -0.39 is 23.7 Å². The number of hydrogen-bond acceptors (Lipinski definition) is 4. The Kier molecular flexibility index (Phi) is 5.89. The van der Waals surface area contributed by atoms with Gasteiger partial charge in [0.1, 0.15) is 23.5 Å². The molecule has 1 aromatic rings. The normalized spacial score (nSPS) is 12.1. The van der Waals surface area contributed by atoms with E-state index in [1.54, 1.807) is 24.3 Å². The molecule has 1 unspecified atom stereocenters. The van der Waals surface area contributed by atoms with E-state index in [9.17, 15) is 14.0 Å². The lowest BCUT2D eigenvalue weighted by Crippen LogP contribution is -2.39. The van der Waals surface area contributed by atoms with Gasteiger partial charge < -0.3 is 15.7 Å². The molecule has 6 nitrogen and oxygen atoms in total. The largest absolute Gasteiger partial charge is 0.480 e. The number of carbonyl (C=O) groups excluding carboxylic acids is 1. The zero-order valence-corrected chi connectivity index (χ0v) is 11.3. The van der Waals surface area contributed by atoms with Gasteiger partial charge in [-0.2, -0.15) is 5.26 Å². The van der Waals surface area contributed by atoms with Gasteiger partial charge in [0.05, 0.1) is 0 Å². The van der Waals surface area contributed by atoms with Crippen molar-refractivity contribution in [1.29, 1.82) is 5.26 Å². The summed E-state index contributed by atoms with van der Waals surface area (Å²) in [5, 5.41) is 22.3. The van der Waals surface area contributed by atoms with Crippen LogP contribution in [0.4, 0.5) is 4.39 Å². The molecule has 3 N–H and O–H groups in total. The first kappa shape index (κ1) is 16.2. The van der Waals surface area contributed by atoms with Crippen molar-refractivity contribution in [2.24, 2.45) is 0 Å². The number of carboxylic acids is 1. The number of nitrogens with one attached hydrogen (secondary N) is 2. The number of carbonyl (C=O) groups is 2. The zero-order valence-electron chi connectivity index (χ0n) is 11.3. The highest BCUT2D eigenvalue weighted by molar-refractivity contribution is 5.99. The Hall–Kier alpha value is -2.88. The topological polar surface area (TPSA) is 102 Å². The molecule has 0 saturated heterocycles. The third-order valence-corrected chi connectivity index (χ3v) is 2.58. The van der Waals surface area contributed by atoms with Crippen LogP contribution in [0.15, 0.2) is 36.0 Å². The number of halogens is 1. The molecule has 1 atom stereocenters. The maximum absolute atomic E-state index is 13.3. The summed E-state index contributed by atoms with van der Waals surface area (Å²) in [7, 11) is 0. The minimum Gasteiger partial charge on any atom is -0.480 e. The fourth-order valence-corrected chi connectivity index (χ4v) is 1.39. The summed E-state index contributed by atoms with van der Waals surface area (Å²) < 4.78 is 13.3. The number of aliphatic carboxylic acids is 1. The van der Waals surface area contributed by atoms with E-state index in [1.807, 2.05) is 0 Å². The molecule has 0 spiro atoms. The second-order valence-corrected chi connectivity index (χ2v) is 4.18. The first-order valence-corrected chi connectivity index (χ1v) is 6.06. The molecule has 0 radical (unpaired) electrons. The fraction of sp³-hybridized carbons (Fsp3) is 0.214.